The van der Waals surface area contributed by atoms with Crippen molar-refractivity contribution in [1.82, 2.24) is 4.90 Å². The normalized spacial score (nSPS) is 15.9. The molecule has 1 aromatic heterocycles. The van der Waals surface area contributed by atoms with Crippen LogP contribution in [0.5, 0.6) is 0 Å². The van der Waals surface area contributed by atoms with Gasteiger partial charge in [0.15, 0.2) is 0 Å². The van der Waals surface area contributed by atoms with Crippen LogP contribution in [0.2, 0.25) is 0 Å². The van der Waals surface area contributed by atoms with Gasteiger partial charge in [-0.2, -0.15) is 0 Å². The molecule has 1 aliphatic heterocycles. The van der Waals surface area contributed by atoms with Gasteiger partial charge in [-0.15, -0.1) is 0 Å². The maximum Gasteiger partial charge on any atom is 0.266 e. The molecule has 0 atom stereocenters. The van der Waals surface area contributed by atoms with Crippen molar-refractivity contribution in [3.05, 3.63) is 58.9 Å². The second kappa shape index (κ2) is 7.67. The lowest BCUT2D eigenvalue weighted by molar-refractivity contribution is -0.122. The first kappa shape index (κ1) is 17.4. The third-order valence-corrected chi connectivity index (χ3v) is 5.05. The Kier molecular flexibility index (Phi) is 5.35. The maximum absolute atomic E-state index is 12.4. The fraction of sp³-hybridized carbons (Fsp3) is 0.167. The molecular formula is C18H16N2O3S2. The highest BCUT2D eigenvalue weighted by Gasteiger charge is 2.32. The molecule has 1 aromatic carbocycles. The number of nitrogens with zero attached hydrogens (tertiary/aromatic N) is 1. The van der Waals surface area contributed by atoms with Crippen molar-refractivity contribution >= 4 is 51.9 Å². The molecule has 5 nitrogen and oxygen atoms in total. The average molecular weight is 372 g/mol. The van der Waals surface area contributed by atoms with Crippen LogP contribution in [0.25, 0.3) is 6.08 Å². The van der Waals surface area contributed by atoms with Crippen LogP contribution in [-0.4, -0.2) is 27.6 Å². The fourth-order valence-electron chi connectivity index (χ4n) is 2.33. The molecule has 2 heterocycles. The summed E-state index contributed by atoms with van der Waals surface area (Å²) in [6.45, 7) is 2.18. The number of hydrogen-bond donors (Lipinski definition) is 1. The van der Waals surface area contributed by atoms with Crippen LogP contribution in [0.3, 0.4) is 0 Å². The first-order valence-corrected chi connectivity index (χ1v) is 8.91. The summed E-state index contributed by atoms with van der Waals surface area (Å²) in [4.78, 5) is 26.5. The predicted molar refractivity (Wildman–Crippen MR) is 103 cm³/mol. The van der Waals surface area contributed by atoms with E-state index in [1.165, 1.54) is 16.7 Å². The lowest BCUT2D eigenvalue weighted by atomic mass is 10.2. The van der Waals surface area contributed by atoms with E-state index in [1.807, 2.05) is 31.2 Å². The minimum Gasteiger partial charge on any atom is -0.465 e. The number of para-hydroxylation sites is 1. The number of carbonyl (C=O) groups is 2. The number of carbonyl (C=O) groups excluding carboxylic acids is 2. The largest absolute Gasteiger partial charge is 0.465 e. The Bertz CT molecular complexity index is 844. The molecule has 0 bridgehead atoms. The van der Waals surface area contributed by atoms with Crippen LogP contribution in [-0.2, 0) is 9.59 Å². The van der Waals surface area contributed by atoms with E-state index in [0.717, 1.165) is 11.3 Å². The molecule has 3 rings (SSSR count). The van der Waals surface area contributed by atoms with Crippen LogP contribution in [0.15, 0.2) is 52.0 Å². The molecule has 25 heavy (non-hydrogen) atoms. The smallest absolute Gasteiger partial charge is 0.266 e. The topological polar surface area (TPSA) is 62.6 Å². The molecule has 0 saturated carbocycles. The lowest BCUT2D eigenvalue weighted by Crippen LogP contribution is -2.31. The van der Waals surface area contributed by atoms with Gasteiger partial charge in [-0.05, 0) is 30.7 Å². The molecule has 0 aliphatic carbocycles. The molecule has 2 amide bonds. The van der Waals surface area contributed by atoms with Crippen molar-refractivity contribution in [1.29, 1.82) is 0 Å². The van der Waals surface area contributed by atoms with E-state index < -0.39 is 0 Å². The van der Waals surface area contributed by atoms with E-state index in [9.17, 15) is 9.59 Å². The molecule has 1 aliphatic rings. The number of amides is 2. The summed E-state index contributed by atoms with van der Waals surface area (Å²) < 4.78 is 5.67. The molecule has 1 N–H and O–H groups in total. The second-order valence-corrected chi connectivity index (χ2v) is 7.14. The van der Waals surface area contributed by atoms with Crippen LogP contribution < -0.4 is 5.32 Å². The third-order valence-electron chi connectivity index (χ3n) is 3.67. The third kappa shape index (κ3) is 4.18. The minimum atomic E-state index is -0.199. The van der Waals surface area contributed by atoms with Gasteiger partial charge in [-0.3, -0.25) is 14.5 Å². The maximum atomic E-state index is 12.4. The van der Waals surface area contributed by atoms with E-state index in [-0.39, 0.29) is 24.8 Å². The number of anilines is 1. The highest BCUT2D eigenvalue weighted by atomic mass is 32.2. The molecule has 0 spiro atoms. The number of aryl methyl sites for hydroxylation is 1. The van der Waals surface area contributed by atoms with Gasteiger partial charge in [0.1, 0.15) is 10.1 Å². The van der Waals surface area contributed by atoms with Crippen LogP contribution in [0, 0.1) is 6.92 Å². The van der Waals surface area contributed by atoms with Crippen molar-refractivity contribution in [2.75, 3.05) is 11.9 Å². The number of benzene rings is 1. The second-order valence-electron chi connectivity index (χ2n) is 5.46. The van der Waals surface area contributed by atoms with Gasteiger partial charge < -0.3 is 9.73 Å². The summed E-state index contributed by atoms with van der Waals surface area (Å²) in [6.07, 6.45) is 3.38. The van der Waals surface area contributed by atoms with Crippen molar-refractivity contribution in [2.24, 2.45) is 0 Å². The molecule has 0 unspecified atom stereocenters. The van der Waals surface area contributed by atoms with Crippen LogP contribution in [0.4, 0.5) is 5.69 Å². The Morgan fingerprint density at radius 2 is 2.12 bits per heavy atom. The molecule has 2 aromatic rings. The van der Waals surface area contributed by atoms with Gasteiger partial charge >= 0.3 is 0 Å². The fourth-order valence-corrected chi connectivity index (χ4v) is 3.62. The number of thioether (sulfide) groups is 1. The van der Waals surface area contributed by atoms with Crippen molar-refractivity contribution in [2.45, 2.75) is 13.3 Å². The number of thiocarbonyl (C=S) groups is 1. The summed E-state index contributed by atoms with van der Waals surface area (Å²) in [5.41, 5.74) is 1.76. The number of rotatable bonds is 5. The van der Waals surface area contributed by atoms with E-state index in [1.54, 1.807) is 24.5 Å². The summed E-state index contributed by atoms with van der Waals surface area (Å²) in [5, 5.41) is 2.85. The highest BCUT2D eigenvalue weighted by Crippen LogP contribution is 2.32. The number of hydrogen-bond acceptors (Lipinski definition) is 5. The molecule has 1 saturated heterocycles. The lowest BCUT2D eigenvalue weighted by Gasteiger charge is -2.14. The Labute approximate surface area is 155 Å². The van der Waals surface area contributed by atoms with Gasteiger partial charge in [0, 0.05) is 24.7 Å². The molecule has 7 heteroatoms. The Hall–Kier alpha value is -2.38. The van der Waals surface area contributed by atoms with Crippen LogP contribution >= 0.6 is 24.0 Å². The van der Waals surface area contributed by atoms with Crippen LogP contribution in [0.1, 0.15) is 17.7 Å². The number of nitrogens with one attached hydrogen (secondary N) is 1. The highest BCUT2D eigenvalue weighted by molar-refractivity contribution is 8.26. The Morgan fingerprint density at radius 1 is 1.32 bits per heavy atom. The van der Waals surface area contributed by atoms with Crippen molar-refractivity contribution in [3.63, 3.8) is 0 Å². The van der Waals surface area contributed by atoms with E-state index >= 15 is 0 Å². The van der Waals surface area contributed by atoms with Gasteiger partial charge in [0.05, 0.1) is 11.2 Å². The van der Waals surface area contributed by atoms with E-state index in [2.05, 4.69) is 5.32 Å². The molecular weight excluding hydrogens is 356 g/mol. The number of furan rings is 1. The van der Waals surface area contributed by atoms with E-state index in [4.69, 9.17) is 16.6 Å². The summed E-state index contributed by atoms with van der Waals surface area (Å²) >= 11 is 6.47. The SMILES string of the molecule is Cc1ccccc1NC(=O)CCN1C(=O)C(=Cc2ccco2)SC1=S. The first-order chi connectivity index (χ1) is 12.0. The van der Waals surface area contributed by atoms with Gasteiger partial charge in [-0.25, -0.2) is 0 Å². The molecule has 1 fully saturated rings. The minimum absolute atomic E-state index is 0.154. The predicted octanol–water partition coefficient (Wildman–Crippen LogP) is 3.82. The first-order valence-electron chi connectivity index (χ1n) is 7.69. The molecule has 128 valence electrons. The summed E-state index contributed by atoms with van der Waals surface area (Å²) in [5.74, 6) is 0.242. The quantitative estimate of drug-likeness (QED) is 0.639. The van der Waals surface area contributed by atoms with Crippen molar-refractivity contribution < 1.29 is 14.0 Å². The zero-order chi connectivity index (χ0) is 17.8. The van der Waals surface area contributed by atoms with Gasteiger partial charge in [-0.1, -0.05) is 42.2 Å². The van der Waals surface area contributed by atoms with Crippen molar-refractivity contribution in [3.8, 4) is 0 Å². The van der Waals surface area contributed by atoms with Gasteiger partial charge in [0.2, 0.25) is 5.91 Å². The summed E-state index contributed by atoms with van der Waals surface area (Å²) in [7, 11) is 0. The zero-order valence-corrected chi connectivity index (χ0v) is 15.2. The van der Waals surface area contributed by atoms with E-state index in [0.29, 0.717) is 15.0 Å². The van der Waals surface area contributed by atoms with Gasteiger partial charge in [0.25, 0.3) is 5.91 Å². The molecule has 0 radical (unpaired) electrons. The average Bonchev–Trinajstić information content (AvgIpc) is 3.18. The monoisotopic (exact) mass is 372 g/mol. The zero-order valence-electron chi connectivity index (χ0n) is 13.5. The Morgan fingerprint density at radius 3 is 2.84 bits per heavy atom. The Balaban J connectivity index is 1.59. The standard InChI is InChI=1S/C18H16N2O3S2/c1-12-5-2-3-7-14(12)19-16(21)8-9-20-17(22)15(25-18(20)24)11-13-6-4-10-23-13/h2-7,10-11H,8-9H2,1H3,(H,19,21). The summed E-state index contributed by atoms with van der Waals surface area (Å²) in [6, 6.07) is 11.1.